The Balaban J connectivity index is 3.01. The summed E-state index contributed by atoms with van der Waals surface area (Å²) in [4.78, 5) is 0. The van der Waals surface area contributed by atoms with E-state index in [1.165, 1.54) is 19.3 Å². The standard InChI is InChI=1S/C13H27P/c1-11(2,3)13(14,12(4,5)6)10-8-7-9-10/h10H,7-9,14H2,1-6H3. The average molecular weight is 214 g/mol. The predicted octanol–water partition coefficient (Wildman–Crippen LogP) is 4.49. The van der Waals surface area contributed by atoms with Gasteiger partial charge in [0.1, 0.15) is 0 Å². The summed E-state index contributed by atoms with van der Waals surface area (Å²) >= 11 is 0. The highest BCUT2D eigenvalue weighted by Crippen LogP contribution is 2.59. The molecule has 0 aromatic carbocycles. The lowest BCUT2D eigenvalue weighted by atomic mass is 9.55. The highest BCUT2D eigenvalue weighted by Gasteiger charge is 2.53. The van der Waals surface area contributed by atoms with E-state index in [1.807, 2.05) is 0 Å². The minimum atomic E-state index is 0.376. The molecule has 1 unspecified atom stereocenters. The van der Waals surface area contributed by atoms with Crippen molar-refractivity contribution < 1.29 is 0 Å². The predicted molar refractivity (Wildman–Crippen MR) is 68.7 cm³/mol. The van der Waals surface area contributed by atoms with Crippen molar-refractivity contribution in [2.24, 2.45) is 16.7 Å². The number of hydrogen-bond donors (Lipinski definition) is 0. The lowest BCUT2D eigenvalue weighted by Gasteiger charge is -2.58. The highest BCUT2D eigenvalue weighted by atomic mass is 31.0. The van der Waals surface area contributed by atoms with Crippen LogP contribution in [-0.2, 0) is 0 Å². The van der Waals surface area contributed by atoms with Gasteiger partial charge in [0.05, 0.1) is 0 Å². The molecule has 0 heterocycles. The van der Waals surface area contributed by atoms with Crippen molar-refractivity contribution >= 4 is 9.24 Å². The fraction of sp³-hybridized carbons (Fsp3) is 1.00. The third-order valence-corrected chi connectivity index (χ3v) is 6.43. The Morgan fingerprint density at radius 1 is 0.857 bits per heavy atom. The Morgan fingerprint density at radius 2 is 1.21 bits per heavy atom. The smallest absolute Gasteiger partial charge is 0.00255 e. The first-order valence-electron chi connectivity index (χ1n) is 5.89. The molecule has 0 spiro atoms. The van der Waals surface area contributed by atoms with Crippen molar-refractivity contribution in [2.45, 2.75) is 66.0 Å². The molecule has 0 aromatic heterocycles. The maximum atomic E-state index is 3.22. The van der Waals surface area contributed by atoms with Gasteiger partial charge in [-0.05, 0) is 34.7 Å². The zero-order valence-corrected chi connectivity index (χ0v) is 11.9. The van der Waals surface area contributed by atoms with Crippen LogP contribution in [0.15, 0.2) is 0 Å². The van der Waals surface area contributed by atoms with Crippen LogP contribution in [0.25, 0.3) is 0 Å². The van der Waals surface area contributed by atoms with Gasteiger partial charge in [0, 0.05) is 0 Å². The summed E-state index contributed by atoms with van der Waals surface area (Å²) in [6.45, 7) is 14.4. The zero-order chi connectivity index (χ0) is 11.2. The molecule has 84 valence electrons. The molecule has 0 amide bonds. The SMILES string of the molecule is CC(C)(C)C(P)(C1CCC1)C(C)(C)C. The van der Waals surface area contributed by atoms with Gasteiger partial charge in [-0.2, -0.15) is 0 Å². The van der Waals surface area contributed by atoms with Crippen LogP contribution in [0, 0.1) is 16.7 Å². The zero-order valence-electron chi connectivity index (χ0n) is 10.8. The van der Waals surface area contributed by atoms with Crippen molar-refractivity contribution in [1.29, 1.82) is 0 Å². The van der Waals surface area contributed by atoms with Gasteiger partial charge < -0.3 is 0 Å². The van der Waals surface area contributed by atoms with Gasteiger partial charge in [0.25, 0.3) is 0 Å². The molecule has 0 nitrogen and oxygen atoms in total. The first kappa shape index (κ1) is 12.5. The third-order valence-electron chi connectivity index (χ3n) is 4.23. The lowest BCUT2D eigenvalue weighted by molar-refractivity contribution is 0.0411. The van der Waals surface area contributed by atoms with E-state index in [4.69, 9.17) is 0 Å². The van der Waals surface area contributed by atoms with E-state index in [2.05, 4.69) is 50.8 Å². The van der Waals surface area contributed by atoms with Crippen molar-refractivity contribution in [3.63, 3.8) is 0 Å². The second-order valence-corrected chi connectivity index (χ2v) is 7.91. The van der Waals surface area contributed by atoms with Crippen LogP contribution in [0.4, 0.5) is 0 Å². The van der Waals surface area contributed by atoms with E-state index in [9.17, 15) is 0 Å². The molecule has 1 rings (SSSR count). The molecule has 1 aliphatic rings. The third kappa shape index (κ3) is 1.75. The van der Waals surface area contributed by atoms with Gasteiger partial charge in [-0.1, -0.05) is 48.0 Å². The molecular formula is C13H27P. The Bertz CT molecular complexity index is 186. The van der Waals surface area contributed by atoms with Crippen molar-refractivity contribution in [2.75, 3.05) is 0 Å². The van der Waals surface area contributed by atoms with Gasteiger partial charge in [-0.15, -0.1) is 9.24 Å². The Hall–Kier alpha value is 0.430. The monoisotopic (exact) mass is 214 g/mol. The summed E-state index contributed by atoms with van der Waals surface area (Å²) in [5.41, 5.74) is 0.752. The van der Waals surface area contributed by atoms with Crippen LogP contribution in [0.1, 0.15) is 60.8 Å². The van der Waals surface area contributed by atoms with E-state index < -0.39 is 0 Å². The molecule has 0 radical (unpaired) electrons. The Kier molecular flexibility index (Phi) is 3.10. The molecule has 1 aliphatic carbocycles. The lowest BCUT2D eigenvalue weighted by Crippen LogP contribution is -2.55. The van der Waals surface area contributed by atoms with E-state index in [0.29, 0.717) is 16.0 Å². The number of hydrogen-bond acceptors (Lipinski definition) is 0. The highest BCUT2D eigenvalue weighted by molar-refractivity contribution is 7.19. The van der Waals surface area contributed by atoms with Crippen molar-refractivity contribution in [1.82, 2.24) is 0 Å². The van der Waals surface area contributed by atoms with Crippen LogP contribution in [0.3, 0.4) is 0 Å². The fourth-order valence-corrected chi connectivity index (χ4v) is 3.55. The van der Waals surface area contributed by atoms with E-state index in [1.54, 1.807) is 0 Å². The van der Waals surface area contributed by atoms with Crippen LogP contribution in [0.2, 0.25) is 0 Å². The molecule has 0 aromatic rings. The summed E-state index contributed by atoms with van der Waals surface area (Å²) in [7, 11) is 3.22. The summed E-state index contributed by atoms with van der Waals surface area (Å²) in [5, 5.41) is 0.387. The van der Waals surface area contributed by atoms with Gasteiger partial charge in [-0.3, -0.25) is 0 Å². The topological polar surface area (TPSA) is 0 Å². The van der Waals surface area contributed by atoms with Gasteiger partial charge >= 0.3 is 0 Å². The maximum absolute atomic E-state index is 3.22. The van der Waals surface area contributed by atoms with E-state index >= 15 is 0 Å². The molecular weight excluding hydrogens is 187 g/mol. The second kappa shape index (κ2) is 3.48. The number of rotatable bonds is 1. The van der Waals surface area contributed by atoms with Crippen LogP contribution < -0.4 is 0 Å². The molecule has 1 heteroatoms. The fourth-order valence-electron chi connectivity index (χ4n) is 3.21. The molecule has 0 aliphatic heterocycles. The molecule has 0 bridgehead atoms. The molecule has 1 saturated carbocycles. The first-order valence-corrected chi connectivity index (χ1v) is 6.47. The average Bonchev–Trinajstić information content (AvgIpc) is 1.77. The minimum Gasteiger partial charge on any atom is -0.130 e. The largest absolute Gasteiger partial charge is 0.130 e. The molecule has 0 saturated heterocycles. The van der Waals surface area contributed by atoms with Crippen LogP contribution >= 0.6 is 9.24 Å². The normalized spacial score (nSPS) is 20.8. The van der Waals surface area contributed by atoms with Gasteiger partial charge in [0.2, 0.25) is 0 Å². The van der Waals surface area contributed by atoms with Crippen LogP contribution in [-0.4, -0.2) is 5.16 Å². The van der Waals surface area contributed by atoms with E-state index in [-0.39, 0.29) is 0 Å². The van der Waals surface area contributed by atoms with Gasteiger partial charge in [0.15, 0.2) is 0 Å². The molecule has 0 N–H and O–H groups in total. The molecule has 1 fully saturated rings. The van der Waals surface area contributed by atoms with Gasteiger partial charge in [-0.25, -0.2) is 0 Å². The van der Waals surface area contributed by atoms with Crippen molar-refractivity contribution in [3.8, 4) is 0 Å². The summed E-state index contributed by atoms with van der Waals surface area (Å²) in [6, 6.07) is 0. The summed E-state index contributed by atoms with van der Waals surface area (Å²) in [5.74, 6) is 0.910. The van der Waals surface area contributed by atoms with Crippen molar-refractivity contribution in [3.05, 3.63) is 0 Å². The molecule has 1 atom stereocenters. The Morgan fingerprint density at radius 3 is 1.29 bits per heavy atom. The van der Waals surface area contributed by atoms with E-state index in [0.717, 1.165) is 5.92 Å². The molecule has 14 heavy (non-hydrogen) atoms. The quantitative estimate of drug-likeness (QED) is 0.564. The maximum Gasteiger partial charge on any atom is -0.00255 e. The first-order chi connectivity index (χ1) is 6.11. The van der Waals surface area contributed by atoms with Crippen LogP contribution in [0.5, 0.6) is 0 Å². The second-order valence-electron chi connectivity index (χ2n) is 7.00. The summed E-state index contributed by atoms with van der Waals surface area (Å²) in [6.07, 6.45) is 4.29. The Labute approximate surface area is 92.4 Å². The minimum absolute atomic E-state index is 0.376. The summed E-state index contributed by atoms with van der Waals surface area (Å²) < 4.78 is 0.